The van der Waals surface area contributed by atoms with E-state index in [1.54, 1.807) is 0 Å². The first-order chi connectivity index (χ1) is 8.25. The van der Waals surface area contributed by atoms with Crippen molar-refractivity contribution in [1.82, 2.24) is 15.3 Å². The number of aliphatic imine (C=N–C) groups is 1. The Morgan fingerprint density at radius 3 is 2.84 bits per heavy atom. The third-order valence-electron chi connectivity index (χ3n) is 2.84. The van der Waals surface area contributed by atoms with Crippen LogP contribution in [-0.4, -0.2) is 29.0 Å². The Labute approximate surface area is 121 Å². The van der Waals surface area contributed by atoms with Crippen LogP contribution in [0.3, 0.4) is 0 Å². The van der Waals surface area contributed by atoms with Crippen molar-refractivity contribution < 1.29 is 4.39 Å². The van der Waals surface area contributed by atoms with Crippen molar-refractivity contribution in [2.24, 2.45) is 4.99 Å². The summed E-state index contributed by atoms with van der Waals surface area (Å²) in [5.74, 6) is 0.367. The number of H-pyrrole nitrogens is 1. The summed E-state index contributed by atoms with van der Waals surface area (Å²) in [6.07, 6.45) is 1.50. The molecule has 0 aliphatic carbocycles. The van der Waals surface area contributed by atoms with E-state index >= 15 is 0 Å². The number of aromatic nitrogens is 2. The van der Waals surface area contributed by atoms with Gasteiger partial charge in [-0.3, -0.25) is 4.99 Å². The van der Waals surface area contributed by atoms with E-state index in [1.165, 1.54) is 12.4 Å². The number of benzene rings is 1. The van der Waals surface area contributed by atoms with Crippen molar-refractivity contribution in [3.8, 4) is 0 Å². The lowest BCUT2D eigenvalue weighted by atomic mass is 10.1. The molecule has 0 bridgehead atoms. The molecule has 0 saturated carbocycles. The van der Waals surface area contributed by atoms with E-state index in [0.717, 1.165) is 18.7 Å². The summed E-state index contributed by atoms with van der Waals surface area (Å²) in [7, 11) is 0. The van der Waals surface area contributed by atoms with Gasteiger partial charge in [-0.1, -0.05) is 0 Å². The van der Waals surface area contributed by atoms with Gasteiger partial charge in [0.25, 0.3) is 0 Å². The molecule has 1 aromatic heterocycles. The third kappa shape index (κ3) is 2.74. The number of nitrogens with zero attached hydrogens (tertiary/aromatic N) is 2. The molecule has 1 aliphatic heterocycles. The van der Waals surface area contributed by atoms with Gasteiger partial charge in [0.2, 0.25) is 0 Å². The van der Waals surface area contributed by atoms with Crippen molar-refractivity contribution in [2.75, 3.05) is 18.4 Å². The van der Waals surface area contributed by atoms with Crippen LogP contribution in [0.1, 0.15) is 5.56 Å². The number of anilines is 1. The molecule has 2 aromatic rings. The van der Waals surface area contributed by atoms with Crippen molar-refractivity contribution in [2.45, 2.75) is 6.92 Å². The van der Waals surface area contributed by atoms with Gasteiger partial charge in [-0.15, -0.1) is 24.8 Å². The quantitative estimate of drug-likeness (QED) is 0.757. The number of halogens is 3. The molecule has 1 aromatic carbocycles. The Morgan fingerprint density at radius 1 is 1.37 bits per heavy atom. The Morgan fingerprint density at radius 2 is 2.16 bits per heavy atom. The molecule has 19 heavy (non-hydrogen) atoms. The van der Waals surface area contributed by atoms with Crippen LogP contribution in [0.5, 0.6) is 0 Å². The molecule has 5 nitrogen and oxygen atoms in total. The van der Waals surface area contributed by atoms with E-state index in [9.17, 15) is 4.39 Å². The average Bonchev–Trinajstić information content (AvgIpc) is 2.96. The number of fused-ring (bicyclic) bond motifs is 1. The van der Waals surface area contributed by atoms with E-state index in [2.05, 4.69) is 25.6 Å². The number of rotatable bonds is 1. The maximum absolute atomic E-state index is 13.8. The molecule has 0 saturated heterocycles. The summed E-state index contributed by atoms with van der Waals surface area (Å²) in [5.41, 5.74) is 2.68. The molecule has 0 spiro atoms. The van der Waals surface area contributed by atoms with Crippen molar-refractivity contribution >= 4 is 47.5 Å². The van der Waals surface area contributed by atoms with Crippen molar-refractivity contribution in [3.05, 3.63) is 23.8 Å². The molecule has 8 heteroatoms. The van der Waals surface area contributed by atoms with Crippen LogP contribution in [0.2, 0.25) is 0 Å². The van der Waals surface area contributed by atoms with Crippen molar-refractivity contribution in [1.29, 1.82) is 0 Å². The topological polar surface area (TPSA) is 65.1 Å². The monoisotopic (exact) mass is 305 g/mol. The lowest BCUT2D eigenvalue weighted by Gasteiger charge is -2.10. The van der Waals surface area contributed by atoms with Gasteiger partial charge in [0.05, 0.1) is 18.4 Å². The zero-order valence-electron chi connectivity index (χ0n) is 10.2. The molecular formula is C11H14Cl2FN5. The van der Waals surface area contributed by atoms with Gasteiger partial charge in [0.15, 0.2) is 11.8 Å². The molecule has 0 unspecified atom stereocenters. The zero-order valence-corrected chi connectivity index (χ0v) is 11.8. The highest BCUT2D eigenvalue weighted by atomic mass is 35.5. The first kappa shape index (κ1) is 15.5. The summed E-state index contributed by atoms with van der Waals surface area (Å²) in [4.78, 5) is 11.1. The lowest BCUT2D eigenvalue weighted by Crippen LogP contribution is -2.26. The average molecular weight is 306 g/mol. The van der Waals surface area contributed by atoms with Gasteiger partial charge < -0.3 is 15.6 Å². The number of guanidine groups is 1. The third-order valence-corrected chi connectivity index (χ3v) is 2.84. The molecule has 0 amide bonds. The van der Waals surface area contributed by atoms with Gasteiger partial charge in [0.1, 0.15) is 5.52 Å². The molecule has 104 valence electrons. The summed E-state index contributed by atoms with van der Waals surface area (Å²) in [5, 5.41) is 6.16. The van der Waals surface area contributed by atoms with Crippen LogP contribution in [0.4, 0.5) is 10.1 Å². The SMILES string of the molecule is Cc1c(NC2=NCCN2)cc(F)c2[nH]cnc12.Cl.Cl. The second-order valence-corrected chi connectivity index (χ2v) is 3.94. The van der Waals surface area contributed by atoms with Crippen molar-refractivity contribution in [3.63, 3.8) is 0 Å². The molecule has 0 radical (unpaired) electrons. The number of nitrogens with one attached hydrogen (secondary N) is 3. The molecule has 3 N–H and O–H groups in total. The second kappa shape index (κ2) is 6.08. The van der Waals surface area contributed by atoms with Crippen LogP contribution < -0.4 is 10.6 Å². The van der Waals surface area contributed by atoms with Gasteiger partial charge in [0, 0.05) is 17.8 Å². The highest BCUT2D eigenvalue weighted by Gasteiger charge is 2.13. The Bertz CT molecular complexity index is 610. The van der Waals surface area contributed by atoms with Crippen LogP contribution in [0.25, 0.3) is 11.0 Å². The minimum atomic E-state index is -0.316. The summed E-state index contributed by atoms with van der Waals surface area (Å²) in [6.45, 7) is 3.46. The summed E-state index contributed by atoms with van der Waals surface area (Å²) < 4.78 is 13.8. The van der Waals surface area contributed by atoms with Crippen LogP contribution in [0.15, 0.2) is 17.4 Å². The Hall–Kier alpha value is -1.53. The fraction of sp³-hybridized carbons (Fsp3) is 0.273. The maximum atomic E-state index is 13.8. The van der Waals surface area contributed by atoms with Crippen LogP contribution in [0, 0.1) is 12.7 Å². The minimum absolute atomic E-state index is 0. The van der Waals surface area contributed by atoms with Gasteiger partial charge in [-0.05, 0) is 13.0 Å². The molecule has 3 rings (SSSR count). The van der Waals surface area contributed by atoms with E-state index in [4.69, 9.17) is 0 Å². The smallest absolute Gasteiger partial charge is 0.195 e. The Balaban J connectivity index is 0.000000902. The fourth-order valence-electron chi connectivity index (χ4n) is 1.93. The number of aryl methyl sites for hydroxylation is 1. The van der Waals surface area contributed by atoms with E-state index < -0.39 is 0 Å². The number of hydrogen-bond donors (Lipinski definition) is 3. The zero-order chi connectivity index (χ0) is 11.8. The standard InChI is InChI=1S/C11H12FN5.2ClH/c1-6-8(17-11-13-2-3-14-11)4-7(12)10-9(6)15-5-16-10;;/h4-5H,2-3H2,1H3,(H,15,16)(H2,13,14,17);2*1H. The number of hydrogen-bond acceptors (Lipinski definition) is 4. The normalized spacial score (nSPS) is 13.3. The minimum Gasteiger partial charge on any atom is -0.354 e. The predicted molar refractivity (Wildman–Crippen MR) is 79.2 cm³/mol. The number of imidazole rings is 1. The van der Waals surface area contributed by atoms with E-state index in [0.29, 0.717) is 22.7 Å². The first-order valence-electron chi connectivity index (χ1n) is 5.43. The largest absolute Gasteiger partial charge is 0.354 e. The van der Waals surface area contributed by atoms with E-state index in [-0.39, 0.29) is 30.6 Å². The molecule has 1 aliphatic rings. The van der Waals surface area contributed by atoms with Crippen LogP contribution >= 0.6 is 24.8 Å². The summed E-state index contributed by atoms with van der Waals surface area (Å²) in [6, 6.07) is 1.46. The van der Waals surface area contributed by atoms with Gasteiger partial charge in [-0.2, -0.15) is 0 Å². The first-order valence-corrected chi connectivity index (χ1v) is 5.43. The molecule has 2 heterocycles. The highest BCUT2D eigenvalue weighted by Crippen LogP contribution is 2.25. The summed E-state index contributed by atoms with van der Waals surface area (Å²) >= 11 is 0. The lowest BCUT2D eigenvalue weighted by molar-refractivity contribution is 0.637. The highest BCUT2D eigenvalue weighted by molar-refractivity contribution is 5.97. The van der Waals surface area contributed by atoms with Gasteiger partial charge >= 0.3 is 0 Å². The fourth-order valence-corrected chi connectivity index (χ4v) is 1.93. The predicted octanol–water partition coefficient (Wildman–Crippen LogP) is 2.23. The number of aromatic amines is 1. The van der Waals surface area contributed by atoms with Gasteiger partial charge in [-0.25, -0.2) is 9.37 Å². The van der Waals surface area contributed by atoms with E-state index in [1.807, 2.05) is 6.92 Å². The molecule has 0 atom stereocenters. The van der Waals surface area contributed by atoms with Crippen LogP contribution in [-0.2, 0) is 0 Å². The molecular weight excluding hydrogens is 292 g/mol. The maximum Gasteiger partial charge on any atom is 0.195 e. The molecule has 0 fully saturated rings. The second-order valence-electron chi connectivity index (χ2n) is 3.94. The Kier molecular flexibility index (Phi) is 4.97.